The summed E-state index contributed by atoms with van der Waals surface area (Å²) in [5, 5.41) is 7.73. The Labute approximate surface area is 157 Å². The van der Waals surface area contributed by atoms with E-state index >= 15 is 0 Å². The minimum absolute atomic E-state index is 0.0554. The molecule has 142 valence electrons. The van der Waals surface area contributed by atoms with Crippen molar-refractivity contribution in [2.45, 2.75) is 19.4 Å². The third-order valence-corrected chi connectivity index (χ3v) is 4.92. The third-order valence-electron chi connectivity index (χ3n) is 4.92. The van der Waals surface area contributed by atoms with Gasteiger partial charge in [-0.3, -0.25) is 0 Å². The Hall–Kier alpha value is -2.87. The van der Waals surface area contributed by atoms with Crippen molar-refractivity contribution in [2.24, 2.45) is 5.92 Å². The third kappa shape index (κ3) is 3.40. The lowest BCUT2D eigenvalue weighted by Crippen LogP contribution is -2.26. The van der Waals surface area contributed by atoms with Gasteiger partial charge in [0.2, 0.25) is 5.88 Å². The van der Waals surface area contributed by atoms with E-state index in [4.69, 9.17) is 19.2 Å². The SMILES string of the molecule is COc1ccc(-c2cn3nccc3c(O[C@H](C)[C@@H]3CCNC3)n2)nc1OC. The van der Waals surface area contributed by atoms with Gasteiger partial charge in [-0.2, -0.15) is 5.10 Å². The highest BCUT2D eigenvalue weighted by atomic mass is 16.5. The van der Waals surface area contributed by atoms with E-state index in [0.29, 0.717) is 34.8 Å². The summed E-state index contributed by atoms with van der Waals surface area (Å²) in [7, 11) is 3.14. The first-order chi connectivity index (χ1) is 13.2. The van der Waals surface area contributed by atoms with Crippen LogP contribution in [0.5, 0.6) is 17.5 Å². The standard InChI is InChI=1S/C19H23N5O3/c1-12(13-6-8-20-10-13)27-18-16-7-9-21-24(16)11-15(23-18)14-4-5-17(25-2)19(22-14)26-3/h4-5,7,9,11-13,20H,6,8,10H2,1-3H3/t12-,13-/m1/s1. The molecule has 8 heteroatoms. The molecule has 1 saturated heterocycles. The molecule has 3 aromatic heterocycles. The molecular weight excluding hydrogens is 346 g/mol. The summed E-state index contributed by atoms with van der Waals surface area (Å²) in [6, 6.07) is 5.55. The maximum absolute atomic E-state index is 6.24. The Morgan fingerprint density at radius 3 is 2.70 bits per heavy atom. The van der Waals surface area contributed by atoms with Gasteiger partial charge < -0.3 is 19.5 Å². The van der Waals surface area contributed by atoms with Gasteiger partial charge in [0.05, 0.1) is 32.3 Å². The van der Waals surface area contributed by atoms with Gasteiger partial charge >= 0.3 is 0 Å². The van der Waals surface area contributed by atoms with Crippen molar-refractivity contribution in [3.8, 4) is 28.9 Å². The number of nitrogens with zero attached hydrogens (tertiary/aromatic N) is 4. The summed E-state index contributed by atoms with van der Waals surface area (Å²) < 4.78 is 18.6. The fourth-order valence-electron chi connectivity index (χ4n) is 3.33. The molecule has 0 bridgehead atoms. The Morgan fingerprint density at radius 1 is 1.11 bits per heavy atom. The zero-order valence-electron chi connectivity index (χ0n) is 15.7. The van der Waals surface area contributed by atoms with Crippen LogP contribution in [0.2, 0.25) is 0 Å². The second kappa shape index (κ2) is 7.40. The number of pyridine rings is 1. The average molecular weight is 369 g/mol. The van der Waals surface area contributed by atoms with Crippen molar-refractivity contribution in [3.05, 3.63) is 30.6 Å². The summed E-state index contributed by atoms with van der Waals surface area (Å²) in [6.07, 6.45) is 4.73. The Bertz CT molecular complexity index is 936. The number of fused-ring (bicyclic) bond motifs is 1. The molecule has 1 aliphatic rings. The van der Waals surface area contributed by atoms with Gasteiger partial charge in [0, 0.05) is 12.5 Å². The highest BCUT2D eigenvalue weighted by Gasteiger charge is 2.24. The summed E-state index contributed by atoms with van der Waals surface area (Å²) in [6.45, 7) is 4.09. The fraction of sp³-hybridized carbons (Fsp3) is 0.421. The van der Waals surface area contributed by atoms with Crippen LogP contribution in [0.15, 0.2) is 30.6 Å². The van der Waals surface area contributed by atoms with Gasteiger partial charge in [-0.15, -0.1) is 0 Å². The predicted octanol–water partition coefficient (Wildman–Crippen LogP) is 2.19. The van der Waals surface area contributed by atoms with Crippen molar-refractivity contribution in [1.29, 1.82) is 0 Å². The van der Waals surface area contributed by atoms with E-state index < -0.39 is 0 Å². The average Bonchev–Trinajstić information content (AvgIpc) is 3.39. The van der Waals surface area contributed by atoms with Crippen molar-refractivity contribution in [2.75, 3.05) is 27.3 Å². The van der Waals surface area contributed by atoms with E-state index in [1.807, 2.05) is 24.4 Å². The number of methoxy groups -OCH3 is 2. The van der Waals surface area contributed by atoms with Crippen molar-refractivity contribution >= 4 is 5.52 Å². The monoisotopic (exact) mass is 369 g/mol. The normalized spacial score (nSPS) is 17.8. The van der Waals surface area contributed by atoms with Crippen molar-refractivity contribution in [1.82, 2.24) is 24.9 Å². The Balaban J connectivity index is 1.72. The van der Waals surface area contributed by atoms with Gasteiger partial charge in [0.15, 0.2) is 5.75 Å². The van der Waals surface area contributed by atoms with Gasteiger partial charge in [0.25, 0.3) is 5.88 Å². The summed E-state index contributed by atoms with van der Waals surface area (Å²) in [4.78, 5) is 9.23. The number of aromatic nitrogens is 4. The van der Waals surface area contributed by atoms with Crippen LogP contribution >= 0.6 is 0 Å². The van der Waals surface area contributed by atoms with Gasteiger partial charge in [-0.05, 0) is 38.1 Å². The quantitative estimate of drug-likeness (QED) is 0.713. The fourth-order valence-corrected chi connectivity index (χ4v) is 3.33. The molecule has 0 saturated carbocycles. The van der Waals surface area contributed by atoms with Crippen LogP contribution in [-0.4, -0.2) is 53.0 Å². The molecule has 8 nitrogen and oxygen atoms in total. The smallest absolute Gasteiger partial charge is 0.257 e. The van der Waals surface area contributed by atoms with E-state index in [1.54, 1.807) is 24.9 Å². The molecular formula is C19H23N5O3. The molecule has 0 radical (unpaired) electrons. The highest BCUT2D eigenvalue weighted by molar-refractivity contribution is 5.63. The maximum atomic E-state index is 6.24. The molecule has 0 aromatic carbocycles. The molecule has 2 atom stereocenters. The van der Waals surface area contributed by atoms with Crippen LogP contribution in [0.3, 0.4) is 0 Å². The molecule has 4 rings (SSSR count). The molecule has 0 aliphatic carbocycles. The Morgan fingerprint density at radius 2 is 1.96 bits per heavy atom. The van der Waals surface area contributed by atoms with E-state index in [2.05, 4.69) is 22.3 Å². The first-order valence-corrected chi connectivity index (χ1v) is 9.00. The zero-order valence-corrected chi connectivity index (χ0v) is 15.7. The summed E-state index contributed by atoms with van der Waals surface area (Å²) in [5.74, 6) is 2.00. The van der Waals surface area contributed by atoms with Crippen LogP contribution in [0, 0.1) is 5.92 Å². The number of hydrogen-bond acceptors (Lipinski definition) is 7. The first-order valence-electron chi connectivity index (χ1n) is 9.00. The van der Waals surface area contributed by atoms with Crippen LogP contribution in [0.25, 0.3) is 16.9 Å². The summed E-state index contributed by atoms with van der Waals surface area (Å²) >= 11 is 0. The molecule has 1 aliphatic heterocycles. The number of hydrogen-bond donors (Lipinski definition) is 1. The number of nitrogens with one attached hydrogen (secondary N) is 1. The Kier molecular flexibility index (Phi) is 4.81. The lowest BCUT2D eigenvalue weighted by Gasteiger charge is -2.20. The minimum atomic E-state index is 0.0554. The molecule has 1 N–H and O–H groups in total. The predicted molar refractivity (Wildman–Crippen MR) is 100 cm³/mol. The highest BCUT2D eigenvalue weighted by Crippen LogP contribution is 2.30. The van der Waals surface area contributed by atoms with Gasteiger partial charge in [0.1, 0.15) is 17.3 Å². The number of ether oxygens (including phenoxy) is 3. The minimum Gasteiger partial charge on any atom is -0.491 e. The molecule has 3 aromatic rings. The second-order valence-electron chi connectivity index (χ2n) is 6.58. The van der Waals surface area contributed by atoms with Crippen LogP contribution < -0.4 is 19.5 Å². The van der Waals surface area contributed by atoms with Crippen LogP contribution in [0.4, 0.5) is 0 Å². The van der Waals surface area contributed by atoms with E-state index in [-0.39, 0.29) is 6.10 Å². The molecule has 27 heavy (non-hydrogen) atoms. The lowest BCUT2D eigenvalue weighted by molar-refractivity contribution is 0.156. The topological polar surface area (TPSA) is 82.8 Å². The van der Waals surface area contributed by atoms with Crippen LogP contribution in [0.1, 0.15) is 13.3 Å². The van der Waals surface area contributed by atoms with E-state index in [9.17, 15) is 0 Å². The molecule has 0 unspecified atom stereocenters. The van der Waals surface area contributed by atoms with E-state index in [1.165, 1.54) is 0 Å². The molecule has 1 fully saturated rings. The zero-order chi connectivity index (χ0) is 18.8. The molecule has 4 heterocycles. The second-order valence-corrected chi connectivity index (χ2v) is 6.58. The first kappa shape index (κ1) is 17.5. The summed E-state index contributed by atoms with van der Waals surface area (Å²) in [5.41, 5.74) is 2.14. The number of rotatable bonds is 6. The van der Waals surface area contributed by atoms with Gasteiger partial charge in [-0.25, -0.2) is 14.5 Å². The molecule has 0 spiro atoms. The largest absolute Gasteiger partial charge is 0.491 e. The van der Waals surface area contributed by atoms with Crippen molar-refractivity contribution < 1.29 is 14.2 Å². The lowest BCUT2D eigenvalue weighted by atomic mass is 10.0. The van der Waals surface area contributed by atoms with Crippen LogP contribution in [-0.2, 0) is 0 Å². The molecule has 0 amide bonds. The van der Waals surface area contributed by atoms with Gasteiger partial charge in [-0.1, -0.05) is 0 Å². The maximum Gasteiger partial charge on any atom is 0.257 e. The van der Waals surface area contributed by atoms with E-state index in [0.717, 1.165) is 25.0 Å². The van der Waals surface area contributed by atoms with Crippen molar-refractivity contribution in [3.63, 3.8) is 0 Å².